The Kier molecular flexibility index (Phi) is 9.85. The lowest BCUT2D eigenvalue weighted by atomic mass is 10.2. The highest BCUT2D eigenvalue weighted by atomic mass is 35.5. The number of nitrogens with one attached hydrogen (secondary N) is 2. The summed E-state index contributed by atoms with van der Waals surface area (Å²) in [6, 6.07) is 9.95. The molecule has 0 aliphatic heterocycles. The van der Waals surface area contributed by atoms with Crippen molar-refractivity contribution >= 4 is 74.8 Å². The molecule has 2 N–H and O–H groups in total. The van der Waals surface area contributed by atoms with Gasteiger partial charge in [-0.05, 0) is 42.5 Å². The van der Waals surface area contributed by atoms with Gasteiger partial charge >= 0.3 is 6.03 Å². The maximum atomic E-state index is 12.3. The van der Waals surface area contributed by atoms with Crippen LogP contribution in [0.5, 0.6) is 23.0 Å². The van der Waals surface area contributed by atoms with Crippen molar-refractivity contribution in [2.75, 3.05) is 44.4 Å². The summed E-state index contributed by atoms with van der Waals surface area (Å²) in [5, 5.41) is 6.69. The SMILES string of the molecule is COc1cc2nccc(Oc3ccc(NC(=S)NC(=O)N(CCCl)CCCl)cc3Cl)c2cc1OC. The number of alkyl halides is 2. The summed E-state index contributed by atoms with van der Waals surface area (Å²) < 4.78 is 16.8. The Labute approximate surface area is 223 Å². The Morgan fingerprint density at radius 1 is 1.00 bits per heavy atom. The molecule has 35 heavy (non-hydrogen) atoms. The Balaban J connectivity index is 1.74. The number of urea groups is 1. The summed E-state index contributed by atoms with van der Waals surface area (Å²) in [6.07, 6.45) is 1.63. The number of thiocarbonyl (C=S) groups is 1. The number of hydrogen-bond acceptors (Lipinski definition) is 6. The van der Waals surface area contributed by atoms with Crippen LogP contribution < -0.4 is 24.8 Å². The average molecular weight is 558 g/mol. The lowest BCUT2D eigenvalue weighted by Gasteiger charge is -2.21. The van der Waals surface area contributed by atoms with Crippen molar-refractivity contribution < 1.29 is 19.0 Å². The summed E-state index contributed by atoms with van der Waals surface area (Å²) in [5.41, 5.74) is 1.24. The first-order valence-electron chi connectivity index (χ1n) is 10.4. The van der Waals surface area contributed by atoms with Crippen LogP contribution in [-0.2, 0) is 0 Å². The Morgan fingerprint density at radius 3 is 2.31 bits per heavy atom. The maximum absolute atomic E-state index is 12.3. The highest BCUT2D eigenvalue weighted by Crippen LogP contribution is 2.38. The molecule has 0 aliphatic rings. The molecule has 12 heteroatoms. The van der Waals surface area contributed by atoms with E-state index in [0.29, 0.717) is 52.3 Å². The second-order valence-corrected chi connectivity index (χ2v) is 8.60. The molecule has 3 aromatic rings. The van der Waals surface area contributed by atoms with Crippen LogP contribution in [0.3, 0.4) is 0 Å². The lowest BCUT2D eigenvalue weighted by molar-refractivity contribution is 0.209. The number of anilines is 1. The molecular weight excluding hydrogens is 535 g/mol. The van der Waals surface area contributed by atoms with Crippen molar-refractivity contribution in [1.82, 2.24) is 15.2 Å². The van der Waals surface area contributed by atoms with E-state index in [0.717, 1.165) is 5.39 Å². The molecule has 0 saturated carbocycles. The quantitative estimate of drug-likeness (QED) is 0.251. The summed E-state index contributed by atoms with van der Waals surface area (Å²) in [4.78, 5) is 18.2. The number of carbonyl (C=O) groups excluding carboxylic acids is 1. The van der Waals surface area contributed by atoms with Crippen LogP contribution in [0.2, 0.25) is 5.02 Å². The number of rotatable bonds is 9. The molecule has 1 heterocycles. The summed E-state index contributed by atoms with van der Waals surface area (Å²) >= 11 is 23.2. The number of carbonyl (C=O) groups is 1. The van der Waals surface area contributed by atoms with Crippen LogP contribution in [0.15, 0.2) is 42.6 Å². The predicted octanol–water partition coefficient (Wildman–Crippen LogP) is 5.88. The van der Waals surface area contributed by atoms with E-state index < -0.39 is 6.03 Å². The molecule has 2 aromatic carbocycles. The zero-order valence-electron chi connectivity index (χ0n) is 18.9. The van der Waals surface area contributed by atoms with E-state index in [9.17, 15) is 4.79 Å². The van der Waals surface area contributed by atoms with Gasteiger partial charge in [-0.15, -0.1) is 23.2 Å². The smallest absolute Gasteiger partial charge is 0.323 e. The molecule has 0 saturated heterocycles. The number of pyridine rings is 1. The number of ether oxygens (including phenoxy) is 3. The molecule has 1 aromatic heterocycles. The van der Waals surface area contributed by atoms with Gasteiger partial charge in [0, 0.05) is 48.2 Å². The third kappa shape index (κ3) is 6.91. The topological polar surface area (TPSA) is 85.0 Å². The van der Waals surface area contributed by atoms with Crippen molar-refractivity contribution in [2.24, 2.45) is 0 Å². The Morgan fingerprint density at radius 2 is 1.69 bits per heavy atom. The second-order valence-electron chi connectivity index (χ2n) is 7.03. The first kappa shape index (κ1) is 26.9. The largest absolute Gasteiger partial charge is 0.493 e. The number of benzene rings is 2. The molecule has 2 amide bonds. The van der Waals surface area contributed by atoms with Gasteiger partial charge in [-0.25, -0.2) is 4.79 Å². The van der Waals surface area contributed by atoms with E-state index >= 15 is 0 Å². The summed E-state index contributed by atoms with van der Waals surface area (Å²) in [6.45, 7) is 0.700. The van der Waals surface area contributed by atoms with Crippen LogP contribution in [0, 0.1) is 0 Å². The van der Waals surface area contributed by atoms with Gasteiger partial charge < -0.3 is 24.4 Å². The average Bonchev–Trinajstić information content (AvgIpc) is 2.84. The summed E-state index contributed by atoms with van der Waals surface area (Å²) in [7, 11) is 3.12. The minimum atomic E-state index is -0.397. The standard InChI is InChI=1S/C23H23Cl3N4O4S/c1-32-20-12-15-17(13-21(20)33-2)27-8-5-18(15)34-19-4-3-14(11-16(19)26)28-22(35)29-23(31)30(9-6-24)10-7-25/h3-5,8,11-13H,6-7,9-10H2,1-2H3,(H2,28,29,31,35). The van der Waals surface area contributed by atoms with E-state index in [1.165, 1.54) is 4.90 Å². The number of methoxy groups -OCH3 is 2. The summed E-state index contributed by atoms with van der Waals surface area (Å²) in [5.74, 6) is 2.65. The zero-order valence-corrected chi connectivity index (χ0v) is 22.0. The number of amides is 2. The Bertz CT molecular complexity index is 1210. The van der Waals surface area contributed by atoms with Crippen molar-refractivity contribution in [1.29, 1.82) is 0 Å². The van der Waals surface area contributed by atoms with Crippen molar-refractivity contribution in [3.63, 3.8) is 0 Å². The van der Waals surface area contributed by atoms with Crippen LogP contribution in [-0.4, -0.2) is 60.1 Å². The highest BCUT2D eigenvalue weighted by molar-refractivity contribution is 7.80. The second kappa shape index (κ2) is 12.8. The van der Waals surface area contributed by atoms with Gasteiger partial charge in [-0.1, -0.05) is 11.6 Å². The molecule has 0 fully saturated rings. The van der Waals surface area contributed by atoms with Crippen LogP contribution >= 0.6 is 47.0 Å². The van der Waals surface area contributed by atoms with Crippen LogP contribution in [0.4, 0.5) is 10.5 Å². The molecular formula is C23H23Cl3N4O4S. The van der Waals surface area contributed by atoms with Crippen LogP contribution in [0.1, 0.15) is 0 Å². The van der Waals surface area contributed by atoms with Gasteiger partial charge in [-0.3, -0.25) is 10.3 Å². The van der Waals surface area contributed by atoms with Crippen molar-refractivity contribution in [3.05, 3.63) is 47.6 Å². The molecule has 0 bridgehead atoms. The third-order valence-electron chi connectivity index (χ3n) is 4.83. The molecule has 0 aliphatic carbocycles. The maximum Gasteiger partial charge on any atom is 0.323 e. The van der Waals surface area contributed by atoms with E-state index in [4.69, 9.17) is 61.2 Å². The highest BCUT2D eigenvalue weighted by Gasteiger charge is 2.15. The number of hydrogen-bond donors (Lipinski definition) is 2. The van der Waals surface area contributed by atoms with Gasteiger partial charge in [0.25, 0.3) is 0 Å². The normalized spacial score (nSPS) is 10.5. The van der Waals surface area contributed by atoms with Gasteiger partial charge in [0.05, 0.1) is 24.8 Å². The number of nitrogens with zero attached hydrogens (tertiary/aromatic N) is 2. The van der Waals surface area contributed by atoms with Crippen molar-refractivity contribution in [3.8, 4) is 23.0 Å². The lowest BCUT2D eigenvalue weighted by Crippen LogP contribution is -2.45. The molecule has 0 atom stereocenters. The van der Waals surface area contributed by atoms with Crippen LogP contribution in [0.25, 0.3) is 10.9 Å². The van der Waals surface area contributed by atoms with Gasteiger partial charge in [0.15, 0.2) is 16.6 Å². The molecule has 3 rings (SSSR count). The zero-order chi connectivity index (χ0) is 25.4. The first-order chi connectivity index (χ1) is 16.9. The van der Waals surface area contributed by atoms with Crippen molar-refractivity contribution in [2.45, 2.75) is 0 Å². The fourth-order valence-corrected chi connectivity index (χ4v) is 4.01. The molecule has 8 nitrogen and oxygen atoms in total. The molecule has 0 unspecified atom stereocenters. The monoisotopic (exact) mass is 556 g/mol. The minimum absolute atomic E-state index is 0.107. The van der Waals surface area contributed by atoms with Gasteiger partial charge in [0.1, 0.15) is 11.5 Å². The third-order valence-corrected chi connectivity index (χ3v) is 5.67. The van der Waals surface area contributed by atoms with Gasteiger partial charge in [-0.2, -0.15) is 0 Å². The minimum Gasteiger partial charge on any atom is -0.493 e. The van der Waals surface area contributed by atoms with E-state index in [-0.39, 0.29) is 16.9 Å². The number of aromatic nitrogens is 1. The fraction of sp³-hybridized carbons (Fsp3) is 0.261. The molecule has 0 spiro atoms. The van der Waals surface area contributed by atoms with E-state index in [1.807, 2.05) is 0 Å². The predicted molar refractivity (Wildman–Crippen MR) is 144 cm³/mol. The van der Waals surface area contributed by atoms with Gasteiger partial charge in [0.2, 0.25) is 0 Å². The fourth-order valence-electron chi connectivity index (χ4n) is 3.17. The number of fused-ring (bicyclic) bond motifs is 1. The molecule has 0 radical (unpaired) electrons. The first-order valence-corrected chi connectivity index (χ1v) is 12.2. The van der Waals surface area contributed by atoms with E-state index in [1.54, 1.807) is 56.8 Å². The molecule has 186 valence electrons. The van der Waals surface area contributed by atoms with E-state index in [2.05, 4.69) is 15.6 Å². The Hall–Kier alpha value is -2.72. The number of halogens is 3.